The summed E-state index contributed by atoms with van der Waals surface area (Å²) in [7, 11) is 0. The first kappa shape index (κ1) is 21.2. The highest BCUT2D eigenvalue weighted by atomic mass is 16.4. The van der Waals surface area contributed by atoms with Gasteiger partial charge in [0.05, 0.1) is 0 Å². The fourth-order valence-electron chi connectivity index (χ4n) is 3.07. The van der Waals surface area contributed by atoms with E-state index >= 15 is 0 Å². The van der Waals surface area contributed by atoms with Crippen LogP contribution in [0.3, 0.4) is 0 Å². The maximum absolute atomic E-state index is 10.8. The lowest BCUT2D eigenvalue weighted by molar-refractivity contribution is -0.132. The number of unbranched alkanes of at least 4 members (excludes halogenated alkanes) is 8. The van der Waals surface area contributed by atoms with Crippen molar-refractivity contribution in [2.24, 2.45) is 5.92 Å². The molecule has 0 bridgehead atoms. The van der Waals surface area contributed by atoms with Crippen molar-refractivity contribution in [1.29, 1.82) is 0 Å². The van der Waals surface area contributed by atoms with Crippen LogP contribution in [0.25, 0.3) is 0 Å². The first-order chi connectivity index (χ1) is 10.6. The predicted molar refractivity (Wildman–Crippen MR) is 96.3 cm³/mol. The molecule has 0 aliphatic heterocycles. The van der Waals surface area contributed by atoms with Crippen LogP contribution in [0, 0.1) is 5.92 Å². The zero-order valence-corrected chi connectivity index (χ0v) is 15.0. The van der Waals surface area contributed by atoms with Crippen molar-refractivity contribution < 1.29 is 9.90 Å². The summed E-state index contributed by atoms with van der Waals surface area (Å²) in [4.78, 5) is 10.8. The van der Waals surface area contributed by atoms with Crippen molar-refractivity contribution in [2.75, 3.05) is 0 Å². The van der Waals surface area contributed by atoms with Gasteiger partial charge in [0.15, 0.2) is 0 Å². The molecule has 1 unspecified atom stereocenters. The SMILES string of the molecule is C=C(CCC(CCC)CCCCCCCCCCC)C(=O)O. The summed E-state index contributed by atoms with van der Waals surface area (Å²) in [6.07, 6.45) is 17.7. The van der Waals surface area contributed by atoms with Gasteiger partial charge in [-0.15, -0.1) is 0 Å². The molecule has 130 valence electrons. The number of carboxylic acids is 1. The van der Waals surface area contributed by atoms with Crippen molar-refractivity contribution in [3.63, 3.8) is 0 Å². The Hall–Kier alpha value is -0.790. The van der Waals surface area contributed by atoms with Gasteiger partial charge in [0.2, 0.25) is 0 Å². The fourth-order valence-corrected chi connectivity index (χ4v) is 3.07. The summed E-state index contributed by atoms with van der Waals surface area (Å²) in [5, 5.41) is 8.88. The third kappa shape index (κ3) is 12.9. The molecule has 0 amide bonds. The van der Waals surface area contributed by atoms with E-state index < -0.39 is 5.97 Å². The third-order valence-corrected chi connectivity index (χ3v) is 4.57. The highest BCUT2D eigenvalue weighted by molar-refractivity contribution is 5.85. The molecule has 0 rings (SSSR count). The molecule has 0 radical (unpaired) electrons. The number of hydrogen-bond donors (Lipinski definition) is 1. The minimum atomic E-state index is -0.835. The third-order valence-electron chi connectivity index (χ3n) is 4.57. The molecule has 0 saturated heterocycles. The Balaban J connectivity index is 3.60. The zero-order valence-electron chi connectivity index (χ0n) is 15.0. The van der Waals surface area contributed by atoms with Gasteiger partial charge in [-0.1, -0.05) is 97.5 Å². The van der Waals surface area contributed by atoms with Crippen LogP contribution >= 0.6 is 0 Å². The van der Waals surface area contributed by atoms with Crippen molar-refractivity contribution >= 4 is 5.97 Å². The molecule has 1 N–H and O–H groups in total. The van der Waals surface area contributed by atoms with Gasteiger partial charge in [-0.3, -0.25) is 0 Å². The molecule has 0 saturated carbocycles. The highest BCUT2D eigenvalue weighted by Crippen LogP contribution is 2.23. The van der Waals surface area contributed by atoms with E-state index in [1.54, 1.807) is 0 Å². The smallest absolute Gasteiger partial charge is 0.330 e. The Morgan fingerprint density at radius 3 is 1.86 bits per heavy atom. The largest absolute Gasteiger partial charge is 0.478 e. The topological polar surface area (TPSA) is 37.3 Å². The Morgan fingerprint density at radius 2 is 1.36 bits per heavy atom. The van der Waals surface area contributed by atoms with E-state index in [1.807, 2.05) is 0 Å². The number of hydrogen-bond acceptors (Lipinski definition) is 1. The second-order valence-corrected chi connectivity index (χ2v) is 6.72. The van der Waals surface area contributed by atoms with Gasteiger partial charge >= 0.3 is 5.97 Å². The van der Waals surface area contributed by atoms with Gasteiger partial charge in [-0.2, -0.15) is 0 Å². The number of carbonyl (C=O) groups is 1. The maximum atomic E-state index is 10.8. The van der Waals surface area contributed by atoms with Gasteiger partial charge in [-0.05, 0) is 18.8 Å². The minimum Gasteiger partial charge on any atom is -0.478 e. The number of rotatable bonds is 16. The van der Waals surface area contributed by atoms with Gasteiger partial charge in [-0.25, -0.2) is 4.79 Å². The van der Waals surface area contributed by atoms with E-state index in [9.17, 15) is 4.79 Å². The van der Waals surface area contributed by atoms with Gasteiger partial charge in [0.1, 0.15) is 0 Å². The standard InChI is InChI=1S/C20H38O2/c1-4-6-7-8-9-10-11-12-13-15-19(14-5-2)17-16-18(3)20(21)22/h19H,3-17H2,1-2H3,(H,21,22). The number of carboxylic acid groups (broad SMARTS) is 1. The summed E-state index contributed by atoms with van der Waals surface area (Å²) in [5.74, 6) is -0.149. The van der Waals surface area contributed by atoms with E-state index in [4.69, 9.17) is 5.11 Å². The quantitative estimate of drug-likeness (QED) is 0.253. The second kappa shape index (κ2) is 15.1. The van der Waals surface area contributed by atoms with Crippen LogP contribution in [-0.4, -0.2) is 11.1 Å². The van der Waals surface area contributed by atoms with E-state index in [-0.39, 0.29) is 0 Å². The van der Waals surface area contributed by atoms with Crippen LogP contribution in [0.2, 0.25) is 0 Å². The molecule has 0 aromatic rings. The van der Waals surface area contributed by atoms with Crippen molar-refractivity contribution in [1.82, 2.24) is 0 Å². The Labute approximate surface area is 138 Å². The molecule has 0 heterocycles. The van der Waals surface area contributed by atoms with Crippen LogP contribution < -0.4 is 0 Å². The fraction of sp³-hybridized carbons (Fsp3) is 0.850. The molecule has 1 atom stereocenters. The molecule has 0 aliphatic rings. The molecule has 0 aromatic heterocycles. The lowest BCUT2D eigenvalue weighted by atomic mass is 9.90. The van der Waals surface area contributed by atoms with Crippen LogP contribution in [0.1, 0.15) is 104 Å². The molecule has 0 aromatic carbocycles. The first-order valence-electron chi connectivity index (χ1n) is 9.52. The molecule has 2 heteroatoms. The Bertz CT molecular complexity index is 283. The minimum absolute atomic E-state index is 0.369. The summed E-state index contributed by atoms with van der Waals surface area (Å²) in [5.41, 5.74) is 0.369. The Morgan fingerprint density at radius 1 is 0.818 bits per heavy atom. The summed E-state index contributed by atoms with van der Waals surface area (Å²) < 4.78 is 0. The molecular weight excluding hydrogens is 272 g/mol. The average molecular weight is 311 g/mol. The second-order valence-electron chi connectivity index (χ2n) is 6.72. The van der Waals surface area contributed by atoms with E-state index in [0.29, 0.717) is 17.9 Å². The average Bonchev–Trinajstić information content (AvgIpc) is 2.50. The first-order valence-corrected chi connectivity index (χ1v) is 9.52. The van der Waals surface area contributed by atoms with Gasteiger partial charge < -0.3 is 5.11 Å². The number of aliphatic carboxylic acids is 1. The van der Waals surface area contributed by atoms with Gasteiger partial charge in [0.25, 0.3) is 0 Å². The molecule has 2 nitrogen and oxygen atoms in total. The molecule has 0 spiro atoms. The van der Waals surface area contributed by atoms with Crippen LogP contribution in [-0.2, 0) is 4.79 Å². The van der Waals surface area contributed by atoms with Crippen LogP contribution in [0.4, 0.5) is 0 Å². The van der Waals surface area contributed by atoms with Crippen LogP contribution in [0.15, 0.2) is 12.2 Å². The molecular formula is C20H38O2. The lowest BCUT2D eigenvalue weighted by Gasteiger charge is -2.16. The monoisotopic (exact) mass is 310 g/mol. The van der Waals surface area contributed by atoms with Crippen molar-refractivity contribution in [3.8, 4) is 0 Å². The summed E-state index contributed by atoms with van der Waals surface area (Å²) >= 11 is 0. The van der Waals surface area contributed by atoms with Crippen molar-refractivity contribution in [2.45, 2.75) is 104 Å². The Kier molecular flexibility index (Phi) is 14.6. The summed E-state index contributed by atoms with van der Waals surface area (Å²) in [6.45, 7) is 8.12. The van der Waals surface area contributed by atoms with Gasteiger partial charge in [0, 0.05) is 5.57 Å². The molecule has 0 aliphatic carbocycles. The van der Waals surface area contributed by atoms with E-state index in [2.05, 4.69) is 20.4 Å². The lowest BCUT2D eigenvalue weighted by Crippen LogP contribution is -2.05. The highest BCUT2D eigenvalue weighted by Gasteiger charge is 2.11. The normalized spacial score (nSPS) is 12.3. The predicted octanol–water partition coefficient (Wildman–Crippen LogP) is 6.74. The van der Waals surface area contributed by atoms with E-state index in [0.717, 1.165) is 6.42 Å². The van der Waals surface area contributed by atoms with Crippen LogP contribution in [0.5, 0.6) is 0 Å². The van der Waals surface area contributed by atoms with Crippen molar-refractivity contribution in [3.05, 3.63) is 12.2 Å². The molecule has 0 fully saturated rings. The summed E-state index contributed by atoms with van der Waals surface area (Å²) in [6, 6.07) is 0. The zero-order chi connectivity index (χ0) is 16.6. The maximum Gasteiger partial charge on any atom is 0.330 e. The molecule has 22 heavy (non-hydrogen) atoms. The van der Waals surface area contributed by atoms with E-state index in [1.165, 1.54) is 77.0 Å².